The van der Waals surface area contributed by atoms with Crippen LogP contribution in [-0.2, 0) is 16.6 Å². The van der Waals surface area contributed by atoms with Crippen molar-refractivity contribution in [2.45, 2.75) is 30.7 Å². The zero-order chi connectivity index (χ0) is 11.3. The van der Waals surface area contributed by atoms with Crippen LogP contribution in [0.4, 0.5) is 0 Å². The van der Waals surface area contributed by atoms with Gasteiger partial charge in [-0.15, -0.1) is 0 Å². The molecule has 17 heavy (non-hydrogen) atoms. The van der Waals surface area contributed by atoms with Crippen LogP contribution in [0.3, 0.4) is 0 Å². The van der Waals surface area contributed by atoms with Crippen molar-refractivity contribution in [2.24, 2.45) is 0 Å². The molecule has 2 aliphatic carbocycles. The lowest BCUT2D eigenvalue weighted by Crippen LogP contribution is -2.40. The maximum Gasteiger partial charge on any atom is 0.0594 e. The van der Waals surface area contributed by atoms with Gasteiger partial charge in [-0.1, -0.05) is 24.3 Å². The number of nitrogens with zero attached hydrogens (tertiary/aromatic N) is 1. The van der Waals surface area contributed by atoms with E-state index in [1.165, 1.54) is 19.3 Å². The van der Waals surface area contributed by atoms with Crippen molar-refractivity contribution < 1.29 is 4.74 Å². The molecule has 1 aliphatic heterocycles. The summed E-state index contributed by atoms with van der Waals surface area (Å²) in [5.74, 6) is 0. The smallest absolute Gasteiger partial charge is 0.0594 e. The molecule has 1 saturated carbocycles. The molecule has 3 aliphatic rings. The summed E-state index contributed by atoms with van der Waals surface area (Å²) < 4.78 is 5.46. The molecule has 1 heterocycles. The normalized spacial score (nSPS) is 36.1. The molecule has 2 atom stereocenters. The molecule has 1 saturated heterocycles. The highest BCUT2D eigenvalue weighted by atomic mass is 16.5. The molecular weight excluding hydrogens is 210 g/mol. The molecule has 0 unspecified atom stereocenters. The Bertz CT molecular complexity index is 438. The second kappa shape index (κ2) is 3.56. The highest BCUT2D eigenvalue weighted by molar-refractivity contribution is 5.46. The van der Waals surface area contributed by atoms with Gasteiger partial charge >= 0.3 is 0 Å². The molecule has 0 bridgehead atoms. The average molecular weight is 229 g/mol. The molecule has 4 rings (SSSR count). The van der Waals surface area contributed by atoms with Gasteiger partial charge in [0.25, 0.3) is 0 Å². The van der Waals surface area contributed by atoms with Gasteiger partial charge in [-0.3, -0.25) is 4.90 Å². The fraction of sp³-hybridized carbons (Fsp3) is 0.600. The minimum Gasteiger partial charge on any atom is -0.379 e. The summed E-state index contributed by atoms with van der Waals surface area (Å²) in [6.45, 7) is 4.12. The molecule has 0 amide bonds. The van der Waals surface area contributed by atoms with Crippen LogP contribution in [0, 0.1) is 0 Å². The number of morpholine rings is 1. The molecule has 0 N–H and O–H groups in total. The maximum atomic E-state index is 5.46. The van der Waals surface area contributed by atoms with E-state index in [-0.39, 0.29) is 0 Å². The molecule has 0 aromatic heterocycles. The highest BCUT2D eigenvalue weighted by Crippen LogP contribution is 2.59. The fourth-order valence-corrected chi connectivity index (χ4v) is 3.93. The van der Waals surface area contributed by atoms with Crippen LogP contribution in [0.5, 0.6) is 0 Å². The summed E-state index contributed by atoms with van der Waals surface area (Å²) in [5, 5.41) is 0. The molecular formula is C15H19NO. The first-order valence-corrected chi connectivity index (χ1v) is 6.80. The fourth-order valence-electron chi connectivity index (χ4n) is 3.93. The Labute approximate surface area is 103 Å². The predicted molar refractivity (Wildman–Crippen MR) is 67.2 cm³/mol. The van der Waals surface area contributed by atoms with Gasteiger partial charge in [-0.2, -0.15) is 0 Å². The van der Waals surface area contributed by atoms with Gasteiger partial charge in [0.1, 0.15) is 0 Å². The Balaban J connectivity index is 1.61. The van der Waals surface area contributed by atoms with Crippen molar-refractivity contribution in [3.05, 3.63) is 35.4 Å². The third-order valence-electron chi connectivity index (χ3n) is 4.92. The zero-order valence-electron chi connectivity index (χ0n) is 10.2. The minimum atomic E-state index is 0.522. The second-order valence-corrected chi connectivity index (χ2v) is 5.68. The van der Waals surface area contributed by atoms with E-state index < -0.39 is 0 Å². The quantitative estimate of drug-likeness (QED) is 0.730. The largest absolute Gasteiger partial charge is 0.379 e. The van der Waals surface area contributed by atoms with E-state index in [1.807, 2.05) is 0 Å². The van der Waals surface area contributed by atoms with E-state index in [2.05, 4.69) is 29.2 Å². The van der Waals surface area contributed by atoms with Gasteiger partial charge < -0.3 is 4.74 Å². The van der Waals surface area contributed by atoms with Crippen molar-refractivity contribution in [1.82, 2.24) is 4.90 Å². The lowest BCUT2D eigenvalue weighted by Gasteiger charge is -2.29. The number of hydrogen-bond acceptors (Lipinski definition) is 2. The molecule has 1 aromatic rings. The lowest BCUT2D eigenvalue weighted by molar-refractivity contribution is 0.0303. The minimum absolute atomic E-state index is 0.522. The Morgan fingerprint density at radius 3 is 2.88 bits per heavy atom. The van der Waals surface area contributed by atoms with E-state index >= 15 is 0 Å². The van der Waals surface area contributed by atoms with E-state index in [4.69, 9.17) is 4.74 Å². The average Bonchev–Trinajstić information content (AvgIpc) is 3.02. The Kier molecular flexibility index (Phi) is 2.12. The molecule has 2 nitrogen and oxygen atoms in total. The molecule has 2 fully saturated rings. The van der Waals surface area contributed by atoms with Crippen LogP contribution in [0.2, 0.25) is 0 Å². The lowest BCUT2D eigenvalue weighted by atomic mass is 9.97. The van der Waals surface area contributed by atoms with E-state index in [0.29, 0.717) is 5.41 Å². The van der Waals surface area contributed by atoms with Crippen molar-refractivity contribution in [1.29, 1.82) is 0 Å². The van der Waals surface area contributed by atoms with Gasteiger partial charge in [-0.05, 0) is 30.4 Å². The molecule has 1 spiro atoms. The van der Waals surface area contributed by atoms with Crippen molar-refractivity contribution >= 4 is 0 Å². The number of fused-ring (bicyclic) bond motifs is 2. The monoisotopic (exact) mass is 229 g/mol. The summed E-state index contributed by atoms with van der Waals surface area (Å²) in [6, 6.07) is 9.88. The highest BCUT2D eigenvalue weighted by Gasteiger charge is 2.60. The van der Waals surface area contributed by atoms with Crippen LogP contribution in [0.1, 0.15) is 24.0 Å². The van der Waals surface area contributed by atoms with Crippen LogP contribution < -0.4 is 0 Å². The van der Waals surface area contributed by atoms with E-state index in [1.54, 1.807) is 11.1 Å². The van der Waals surface area contributed by atoms with Crippen LogP contribution in [0.25, 0.3) is 0 Å². The van der Waals surface area contributed by atoms with Gasteiger partial charge in [-0.25, -0.2) is 0 Å². The first kappa shape index (κ1) is 10.1. The number of benzene rings is 1. The Morgan fingerprint density at radius 1 is 1.18 bits per heavy atom. The van der Waals surface area contributed by atoms with Crippen molar-refractivity contribution in [2.75, 3.05) is 26.3 Å². The van der Waals surface area contributed by atoms with Crippen LogP contribution in [-0.4, -0.2) is 37.2 Å². The molecule has 0 radical (unpaired) electrons. The summed E-state index contributed by atoms with van der Waals surface area (Å²) in [7, 11) is 0. The second-order valence-electron chi connectivity index (χ2n) is 5.68. The van der Waals surface area contributed by atoms with Gasteiger partial charge in [0.2, 0.25) is 0 Å². The third-order valence-corrected chi connectivity index (χ3v) is 4.92. The summed E-state index contributed by atoms with van der Waals surface area (Å²) in [4.78, 5) is 2.66. The van der Waals surface area contributed by atoms with Gasteiger partial charge in [0.15, 0.2) is 0 Å². The van der Waals surface area contributed by atoms with Gasteiger partial charge in [0.05, 0.1) is 13.2 Å². The van der Waals surface area contributed by atoms with Crippen LogP contribution in [0.15, 0.2) is 24.3 Å². The Morgan fingerprint density at radius 2 is 2.00 bits per heavy atom. The summed E-state index contributed by atoms with van der Waals surface area (Å²) in [5.41, 5.74) is 3.77. The van der Waals surface area contributed by atoms with E-state index in [0.717, 1.165) is 32.3 Å². The first-order chi connectivity index (χ1) is 8.40. The topological polar surface area (TPSA) is 12.5 Å². The third kappa shape index (κ3) is 1.40. The molecule has 1 aromatic carbocycles. The Hall–Kier alpha value is -0.860. The predicted octanol–water partition coefficient (Wildman–Crippen LogP) is 1.98. The van der Waals surface area contributed by atoms with Crippen LogP contribution >= 0.6 is 0 Å². The number of ether oxygens (including phenoxy) is 1. The zero-order valence-corrected chi connectivity index (χ0v) is 10.2. The van der Waals surface area contributed by atoms with Crippen molar-refractivity contribution in [3.8, 4) is 0 Å². The first-order valence-electron chi connectivity index (χ1n) is 6.80. The number of aryl methyl sites for hydroxylation is 1. The summed E-state index contributed by atoms with van der Waals surface area (Å²) >= 11 is 0. The molecule has 2 heteroatoms. The molecule has 90 valence electrons. The number of hydrogen-bond donors (Lipinski definition) is 0. The van der Waals surface area contributed by atoms with Gasteiger partial charge in [0, 0.05) is 24.5 Å². The SMILES string of the molecule is c1ccc2c(c1)CC[C@]21C[C@H]1N1CCOCC1. The standard InChI is InChI=1S/C15H19NO/c1-2-4-13-12(3-1)5-6-15(13)11-14(15)16-7-9-17-10-8-16/h1-4,14H,5-11H2/t14-,15+/m1/s1. The summed E-state index contributed by atoms with van der Waals surface area (Å²) in [6.07, 6.45) is 4.04. The van der Waals surface area contributed by atoms with Crippen molar-refractivity contribution in [3.63, 3.8) is 0 Å². The van der Waals surface area contributed by atoms with E-state index in [9.17, 15) is 0 Å². The number of rotatable bonds is 1. The maximum absolute atomic E-state index is 5.46.